The average Bonchev–Trinajstić information content (AvgIpc) is 2.47. The van der Waals surface area contributed by atoms with Crippen LogP contribution < -0.4 is 0 Å². The molecular weight excluding hydrogens is 158 g/mol. The maximum Gasteiger partial charge on any atom is 0.0488 e. The first-order chi connectivity index (χ1) is 6.20. The van der Waals surface area contributed by atoms with Crippen LogP contribution in [-0.4, -0.2) is 4.98 Å². The summed E-state index contributed by atoms with van der Waals surface area (Å²) in [6.45, 7) is 7.99. The average molecular weight is 171 g/mol. The molecule has 2 rings (SSSR count). The molecule has 0 radical (unpaired) electrons. The molecule has 0 amide bonds. The standard InChI is InChI=1S/C12H13N/c1-4-11-7-10-6-8(2)5-9(3)12(10)13-11/h4-7,13H,1H2,2-3H3. The SMILES string of the molecule is C=Cc1cc2cc(C)cc(C)c2[nH]1. The molecule has 0 spiro atoms. The first-order valence-electron chi connectivity index (χ1n) is 4.43. The molecule has 0 saturated heterocycles. The summed E-state index contributed by atoms with van der Waals surface area (Å²) in [7, 11) is 0. The maximum atomic E-state index is 3.75. The fraction of sp³-hybridized carbons (Fsp3) is 0.167. The molecule has 1 N–H and O–H groups in total. The minimum atomic E-state index is 1.09. The Bertz CT molecular complexity index is 463. The van der Waals surface area contributed by atoms with E-state index in [1.807, 2.05) is 6.08 Å². The molecule has 1 heteroatoms. The second kappa shape index (κ2) is 2.77. The van der Waals surface area contributed by atoms with Crippen molar-refractivity contribution < 1.29 is 0 Å². The van der Waals surface area contributed by atoms with Crippen molar-refractivity contribution >= 4 is 17.0 Å². The van der Waals surface area contributed by atoms with Gasteiger partial charge in [-0.05, 0) is 37.6 Å². The minimum Gasteiger partial charge on any atom is -0.355 e. The predicted octanol–water partition coefficient (Wildman–Crippen LogP) is 3.43. The van der Waals surface area contributed by atoms with Gasteiger partial charge in [0.05, 0.1) is 0 Å². The lowest BCUT2D eigenvalue weighted by Crippen LogP contribution is -1.78. The minimum absolute atomic E-state index is 1.09. The van der Waals surface area contributed by atoms with Crippen LogP contribution in [0.25, 0.3) is 17.0 Å². The van der Waals surface area contributed by atoms with Gasteiger partial charge in [-0.3, -0.25) is 0 Å². The molecule has 2 aromatic rings. The molecule has 0 unspecified atom stereocenters. The van der Waals surface area contributed by atoms with Gasteiger partial charge in [-0.25, -0.2) is 0 Å². The van der Waals surface area contributed by atoms with Gasteiger partial charge >= 0.3 is 0 Å². The van der Waals surface area contributed by atoms with Gasteiger partial charge in [0.25, 0.3) is 0 Å². The highest BCUT2D eigenvalue weighted by molar-refractivity contribution is 5.85. The third-order valence-corrected chi connectivity index (χ3v) is 2.31. The highest BCUT2D eigenvalue weighted by Crippen LogP contribution is 2.21. The quantitative estimate of drug-likeness (QED) is 0.676. The van der Waals surface area contributed by atoms with Gasteiger partial charge in [0.2, 0.25) is 0 Å². The molecule has 0 bridgehead atoms. The number of aryl methyl sites for hydroxylation is 2. The van der Waals surface area contributed by atoms with E-state index in [0.29, 0.717) is 0 Å². The van der Waals surface area contributed by atoms with Crippen LogP contribution in [0.15, 0.2) is 24.8 Å². The summed E-state index contributed by atoms with van der Waals surface area (Å²) in [6, 6.07) is 6.50. The van der Waals surface area contributed by atoms with Crippen molar-refractivity contribution in [1.82, 2.24) is 4.98 Å². The normalized spacial score (nSPS) is 10.6. The second-order valence-corrected chi connectivity index (χ2v) is 3.47. The Kier molecular flexibility index (Phi) is 1.73. The molecule has 0 fully saturated rings. The van der Waals surface area contributed by atoms with Crippen molar-refractivity contribution in [2.75, 3.05) is 0 Å². The predicted molar refractivity (Wildman–Crippen MR) is 57.9 cm³/mol. The van der Waals surface area contributed by atoms with Gasteiger partial charge in [0.1, 0.15) is 0 Å². The van der Waals surface area contributed by atoms with E-state index in [-0.39, 0.29) is 0 Å². The number of benzene rings is 1. The van der Waals surface area contributed by atoms with Crippen LogP contribution >= 0.6 is 0 Å². The highest BCUT2D eigenvalue weighted by atomic mass is 14.7. The van der Waals surface area contributed by atoms with Crippen molar-refractivity contribution in [3.63, 3.8) is 0 Å². The van der Waals surface area contributed by atoms with E-state index in [1.165, 1.54) is 22.0 Å². The number of aromatic amines is 1. The van der Waals surface area contributed by atoms with Gasteiger partial charge in [-0.2, -0.15) is 0 Å². The van der Waals surface area contributed by atoms with Crippen molar-refractivity contribution in [2.24, 2.45) is 0 Å². The second-order valence-electron chi connectivity index (χ2n) is 3.47. The third-order valence-electron chi connectivity index (χ3n) is 2.31. The summed E-state index contributed by atoms with van der Waals surface area (Å²) in [5.74, 6) is 0. The number of H-pyrrole nitrogens is 1. The van der Waals surface area contributed by atoms with E-state index >= 15 is 0 Å². The van der Waals surface area contributed by atoms with Gasteiger partial charge in [-0.1, -0.05) is 18.2 Å². The van der Waals surface area contributed by atoms with Crippen molar-refractivity contribution in [2.45, 2.75) is 13.8 Å². The summed E-state index contributed by atoms with van der Waals surface area (Å²) < 4.78 is 0. The summed E-state index contributed by atoms with van der Waals surface area (Å²) in [4.78, 5) is 3.32. The Morgan fingerprint density at radius 2 is 2.00 bits per heavy atom. The van der Waals surface area contributed by atoms with Crippen LogP contribution in [0.4, 0.5) is 0 Å². The van der Waals surface area contributed by atoms with Crippen LogP contribution in [0.2, 0.25) is 0 Å². The molecule has 1 aromatic heterocycles. The summed E-state index contributed by atoms with van der Waals surface area (Å²) >= 11 is 0. The zero-order valence-electron chi connectivity index (χ0n) is 8.02. The van der Waals surface area contributed by atoms with E-state index in [9.17, 15) is 0 Å². The van der Waals surface area contributed by atoms with Gasteiger partial charge in [0, 0.05) is 16.6 Å². The van der Waals surface area contributed by atoms with Crippen LogP contribution in [0.3, 0.4) is 0 Å². The number of aromatic nitrogens is 1. The summed E-state index contributed by atoms with van der Waals surface area (Å²) in [5, 5.41) is 1.27. The van der Waals surface area contributed by atoms with Gasteiger partial charge in [0.15, 0.2) is 0 Å². The van der Waals surface area contributed by atoms with E-state index in [4.69, 9.17) is 0 Å². The number of hydrogen-bond acceptors (Lipinski definition) is 0. The molecule has 0 aliphatic rings. The van der Waals surface area contributed by atoms with E-state index in [0.717, 1.165) is 5.69 Å². The van der Waals surface area contributed by atoms with Crippen molar-refractivity contribution in [3.8, 4) is 0 Å². The number of rotatable bonds is 1. The highest BCUT2D eigenvalue weighted by Gasteiger charge is 2.01. The van der Waals surface area contributed by atoms with Crippen LogP contribution in [0.5, 0.6) is 0 Å². The molecule has 1 nitrogen and oxygen atoms in total. The zero-order valence-corrected chi connectivity index (χ0v) is 8.02. The van der Waals surface area contributed by atoms with Crippen molar-refractivity contribution in [1.29, 1.82) is 0 Å². The molecule has 1 heterocycles. The zero-order chi connectivity index (χ0) is 9.42. The molecule has 0 saturated carbocycles. The fourth-order valence-electron chi connectivity index (χ4n) is 1.74. The lowest BCUT2D eigenvalue weighted by Gasteiger charge is -1.97. The number of fused-ring (bicyclic) bond motifs is 1. The topological polar surface area (TPSA) is 15.8 Å². The molecule has 0 atom stereocenters. The fourth-order valence-corrected chi connectivity index (χ4v) is 1.74. The molecular formula is C12H13N. The van der Waals surface area contributed by atoms with Gasteiger partial charge < -0.3 is 4.98 Å². The van der Waals surface area contributed by atoms with E-state index < -0.39 is 0 Å². The maximum absolute atomic E-state index is 3.75. The van der Waals surface area contributed by atoms with Crippen LogP contribution in [0.1, 0.15) is 16.8 Å². The van der Waals surface area contributed by atoms with Gasteiger partial charge in [-0.15, -0.1) is 0 Å². The lowest BCUT2D eigenvalue weighted by atomic mass is 10.1. The van der Waals surface area contributed by atoms with E-state index in [2.05, 4.69) is 43.6 Å². The Balaban J connectivity index is 2.82. The number of nitrogens with one attached hydrogen (secondary N) is 1. The Morgan fingerprint density at radius 1 is 1.23 bits per heavy atom. The first-order valence-corrected chi connectivity index (χ1v) is 4.43. The molecule has 66 valence electrons. The Labute approximate surface area is 78.1 Å². The third kappa shape index (κ3) is 1.26. The van der Waals surface area contributed by atoms with Crippen LogP contribution in [0, 0.1) is 13.8 Å². The summed E-state index contributed by atoms with van der Waals surface area (Å²) in [6.07, 6.45) is 1.84. The monoisotopic (exact) mass is 171 g/mol. The first kappa shape index (κ1) is 8.11. The molecule has 0 aliphatic heterocycles. The summed E-state index contributed by atoms with van der Waals surface area (Å²) in [5.41, 5.74) is 4.91. The molecule has 0 aliphatic carbocycles. The van der Waals surface area contributed by atoms with Crippen LogP contribution in [-0.2, 0) is 0 Å². The van der Waals surface area contributed by atoms with Crippen molar-refractivity contribution in [3.05, 3.63) is 41.6 Å². The van der Waals surface area contributed by atoms with E-state index in [1.54, 1.807) is 0 Å². The lowest BCUT2D eigenvalue weighted by molar-refractivity contribution is 1.37. The smallest absolute Gasteiger partial charge is 0.0488 e. The Hall–Kier alpha value is -1.50. The Morgan fingerprint density at radius 3 is 2.69 bits per heavy atom. The number of hydrogen-bond donors (Lipinski definition) is 1. The molecule has 1 aromatic carbocycles. The molecule has 13 heavy (non-hydrogen) atoms. The largest absolute Gasteiger partial charge is 0.355 e.